The average Bonchev–Trinajstić information content (AvgIpc) is 3.40. The number of nitrogens with zero attached hydrogens (tertiary/aromatic N) is 2. The van der Waals surface area contributed by atoms with Crippen LogP contribution in [0, 0.1) is 5.82 Å². The minimum atomic E-state index is -4.23. The number of nitrogens with one attached hydrogen (secondary N) is 1. The van der Waals surface area contributed by atoms with E-state index in [1.165, 1.54) is 0 Å². The van der Waals surface area contributed by atoms with Crippen LogP contribution in [0.25, 0.3) is 10.9 Å². The maximum atomic E-state index is 13.7. The van der Waals surface area contributed by atoms with Crippen LogP contribution in [0.15, 0.2) is 88.4 Å². The molecule has 7 nitrogen and oxygen atoms in total. The highest BCUT2D eigenvalue weighted by Crippen LogP contribution is 2.31. The highest BCUT2D eigenvalue weighted by atomic mass is 79.9. The number of anilines is 1. The molecule has 1 N–H and O–H groups in total. The fraction of sp³-hybridized carbons (Fsp3) is 0.154. The zero-order valence-electron chi connectivity index (χ0n) is 18.9. The van der Waals surface area contributed by atoms with Crippen LogP contribution in [0.3, 0.4) is 0 Å². The molecular weight excluding hydrogens is 549 g/mol. The lowest BCUT2D eigenvalue weighted by Gasteiger charge is -2.27. The van der Waals surface area contributed by atoms with E-state index in [0.29, 0.717) is 12.1 Å². The number of para-hydroxylation sites is 1. The van der Waals surface area contributed by atoms with Gasteiger partial charge in [-0.1, -0.05) is 34.1 Å². The number of rotatable bonds is 7. The molecule has 1 aromatic heterocycles. The lowest BCUT2D eigenvalue weighted by molar-refractivity contribution is -0.122. The molecular formula is C26H21BrFN3O4S. The molecule has 3 aromatic carbocycles. The quantitative estimate of drug-likeness (QED) is 0.328. The predicted octanol–water partition coefficient (Wildman–Crippen LogP) is 4.64. The SMILES string of the molecule is O=C1CC(N(CCc2c[nH]c3ccccc23)S(=O)(=O)c2ccc(F)cc2)C(=O)N1c1ccc(Br)cc1. The van der Waals surface area contributed by atoms with E-state index < -0.39 is 33.7 Å². The number of fused-ring (bicyclic) bond motifs is 1. The Kier molecular flexibility index (Phi) is 6.50. The van der Waals surface area contributed by atoms with Crippen LogP contribution in [0.5, 0.6) is 0 Å². The molecule has 1 fully saturated rings. The van der Waals surface area contributed by atoms with Crippen molar-refractivity contribution in [2.75, 3.05) is 11.4 Å². The molecule has 1 aliphatic rings. The Labute approximate surface area is 215 Å². The van der Waals surface area contributed by atoms with E-state index in [9.17, 15) is 22.4 Å². The molecule has 5 rings (SSSR count). The van der Waals surface area contributed by atoms with E-state index in [1.54, 1.807) is 24.3 Å². The van der Waals surface area contributed by atoms with Gasteiger partial charge < -0.3 is 4.98 Å². The van der Waals surface area contributed by atoms with Crippen molar-refractivity contribution in [2.24, 2.45) is 0 Å². The van der Waals surface area contributed by atoms with Gasteiger partial charge in [-0.2, -0.15) is 4.31 Å². The van der Waals surface area contributed by atoms with Crippen LogP contribution < -0.4 is 4.90 Å². The van der Waals surface area contributed by atoms with Gasteiger partial charge in [0.15, 0.2) is 0 Å². The van der Waals surface area contributed by atoms with Crippen molar-refractivity contribution in [2.45, 2.75) is 23.8 Å². The molecule has 1 saturated heterocycles. The number of hydrogen-bond donors (Lipinski definition) is 1. The zero-order valence-corrected chi connectivity index (χ0v) is 21.3. The van der Waals surface area contributed by atoms with E-state index in [1.807, 2.05) is 30.5 Å². The van der Waals surface area contributed by atoms with Gasteiger partial charge in [0.05, 0.1) is 17.0 Å². The summed E-state index contributed by atoms with van der Waals surface area (Å²) < 4.78 is 42.8. The maximum absolute atomic E-state index is 13.7. The molecule has 0 saturated carbocycles. The van der Waals surface area contributed by atoms with Crippen LogP contribution in [-0.2, 0) is 26.0 Å². The standard InChI is InChI=1S/C26H21BrFN3O4S/c27-18-5-9-20(10-6-18)31-25(32)15-24(26(31)33)30(36(34,35)21-11-7-19(28)8-12-21)14-13-17-16-29-23-4-2-1-3-22(17)23/h1-12,16,24,29H,13-15H2. The monoisotopic (exact) mass is 569 g/mol. The summed E-state index contributed by atoms with van der Waals surface area (Å²) in [6, 6.07) is 17.5. The third-order valence-corrected chi connectivity index (χ3v) is 8.70. The largest absolute Gasteiger partial charge is 0.361 e. The number of H-pyrrole nitrogens is 1. The Bertz CT molecular complexity index is 1550. The van der Waals surface area contributed by atoms with Gasteiger partial charge in [0.25, 0.3) is 5.91 Å². The number of halogens is 2. The number of aromatic amines is 1. The van der Waals surface area contributed by atoms with Gasteiger partial charge in [0.1, 0.15) is 11.9 Å². The van der Waals surface area contributed by atoms with Crippen molar-refractivity contribution in [1.29, 1.82) is 0 Å². The van der Waals surface area contributed by atoms with E-state index in [4.69, 9.17) is 0 Å². The predicted molar refractivity (Wildman–Crippen MR) is 137 cm³/mol. The summed E-state index contributed by atoms with van der Waals surface area (Å²) in [5.74, 6) is -1.68. The third kappa shape index (κ3) is 4.47. The molecule has 10 heteroatoms. The molecule has 0 spiro atoms. The van der Waals surface area contributed by atoms with Crippen LogP contribution >= 0.6 is 15.9 Å². The Morgan fingerprint density at radius 1 is 1.00 bits per heavy atom. The van der Waals surface area contributed by atoms with Crippen molar-refractivity contribution in [1.82, 2.24) is 9.29 Å². The molecule has 1 atom stereocenters. The number of sulfonamides is 1. The van der Waals surface area contributed by atoms with Gasteiger partial charge >= 0.3 is 0 Å². The molecule has 1 aliphatic heterocycles. The molecule has 4 aromatic rings. The first kappa shape index (κ1) is 24.4. The highest BCUT2D eigenvalue weighted by Gasteiger charge is 2.46. The number of carbonyl (C=O) groups is 2. The summed E-state index contributed by atoms with van der Waals surface area (Å²) in [6.07, 6.45) is 1.83. The third-order valence-electron chi connectivity index (χ3n) is 6.25. The van der Waals surface area contributed by atoms with Crippen LogP contribution in [0.2, 0.25) is 0 Å². The number of imide groups is 1. The topological polar surface area (TPSA) is 90.5 Å². The lowest BCUT2D eigenvalue weighted by atomic mass is 10.1. The number of amides is 2. The molecule has 1 unspecified atom stereocenters. The molecule has 0 aliphatic carbocycles. The van der Waals surface area contributed by atoms with Gasteiger partial charge in [0, 0.05) is 28.1 Å². The van der Waals surface area contributed by atoms with Crippen molar-refractivity contribution < 1.29 is 22.4 Å². The van der Waals surface area contributed by atoms with Crippen molar-refractivity contribution >= 4 is 54.4 Å². The van der Waals surface area contributed by atoms with Gasteiger partial charge in [-0.3, -0.25) is 9.59 Å². The first-order valence-electron chi connectivity index (χ1n) is 11.2. The number of aromatic nitrogens is 1. The second kappa shape index (κ2) is 9.61. The molecule has 36 heavy (non-hydrogen) atoms. The van der Waals surface area contributed by atoms with Gasteiger partial charge in [0.2, 0.25) is 15.9 Å². The van der Waals surface area contributed by atoms with Crippen LogP contribution in [-0.4, -0.2) is 42.1 Å². The van der Waals surface area contributed by atoms with Gasteiger partial charge in [-0.15, -0.1) is 0 Å². The summed E-state index contributed by atoms with van der Waals surface area (Å²) in [5.41, 5.74) is 2.16. The molecule has 184 valence electrons. The minimum Gasteiger partial charge on any atom is -0.361 e. The summed E-state index contributed by atoms with van der Waals surface area (Å²) in [4.78, 5) is 30.4. The van der Waals surface area contributed by atoms with E-state index in [0.717, 1.165) is 54.4 Å². The van der Waals surface area contributed by atoms with Gasteiger partial charge in [-0.05, 0) is 66.6 Å². The first-order chi connectivity index (χ1) is 17.3. The molecule has 2 heterocycles. The Morgan fingerprint density at radius 2 is 1.69 bits per heavy atom. The highest BCUT2D eigenvalue weighted by molar-refractivity contribution is 9.10. The number of hydrogen-bond acceptors (Lipinski definition) is 4. The van der Waals surface area contributed by atoms with Crippen LogP contribution in [0.4, 0.5) is 10.1 Å². The average molecular weight is 570 g/mol. The Morgan fingerprint density at radius 3 is 2.42 bits per heavy atom. The molecule has 0 radical (unpaired) electrons. The van der Waals surface area contributed by atoms with Crippen LogP contribution in [0.1, 0.15) is 12.0 Å². The first-order valence-corrected chi connectivity index (χ1v) is 13.4. The summed E-state index contributed by atoms with van der Waals surface area (Å²) in [5, 5.41) is 0.946. The summed E-state index contributed by atoms with van der Waals surface area (Å²) in [7, 11) is -4.23. The fourth-order valence-electron chi connectivity index (χ4n) is 4.46. The number of benzene rings is 3. The minimum absolute atomic E-state index is 0.0422. The van der Waals surface area contributed by atoms with E-state index in [2.05, 4.69) is 20.9 Å². The van der Waals surface area contributed by atoms with Gasteiger partial charge in [-0.25, -0.2) is 17.7 Å². The molecule has 0 bridgehead atoms. The second-order valence-corrected chi connectivity index (χ2v) is 11.2. The van der Waals surface area contributed by atoms with Crippen molar-refractivity contribution in [3.63, 3.8) is 0 Å². The zero-order chi connectivity index (χ0) is 25.4. The Balaban J connectivity index is 1.51. The maximum Gasteiger partial charge on any atom is 0.252 e. The summed E-state index contributed by atoms with van der Waals surface area (Å²) >= 11 is 3.33. The normalized spacial score (nSPS) is 16.4. The Hall–Kier alpha value is -3.34. The fourth-order valence-corrected chi connectivity index (χ4v) is 6.30. The van der Waals surface area contributed by atoms with Crippen molar-refractivity contribution in [3.8, 4) is 0 Å². The van der Waals surface area contributed by atoms with E-state index in [-0.39, 0.29) is 17.9 Å². The van der Waals surface area contributed by atoms with E-state index >= 15 is 0 Å². The number of carbonyl (C=O) groups excluding carboxylic acids is 2. The lowest BCUT2D eigenvalue weighted by Crippen LogP contribution is -2.46. The summed E-state index contributed by atoms with van der Waals surface area (Å²) in [6.45, 7) is -0.0422. The smallest absolute Gasteiger partial charge is 0.252 e. The second-order valence-electron chi connectivity index (χ2n) is 8.44. The molecule has 2 amide bonds. The van der Waals surface area contributed by atoms with Crippen molar-refractivity contribution in [3.05, 3.63) is 94.8 Å².